The van der Waals surface area contributed by atoms with Gasteiger partial charge in [-0.25, -0.2) is 0 Å². The Morgan fingerprint density at radius 3 is 2.73 bits per heavy atom. The number of rotatable bonds is 2. The molecule has 0 aliphatic carbocycles. The van der Waals surface area contributed by atoms with Gasteiger partial charge in [0.15, 0.2) is 0 Å². The van der Waals surface area contributed by atoms with Crippen LogP contribution in [0.15, 0.2) is 26.6 Å². The van der Waals surface area contributed by atoms with Crippen LogP contribution in [-0.4, -0.2) is 14.9 Å². The summed E-state index contributed by atoms with van der Waals surface area (Å²) in [6, 6.07) is 3.71. The van der Waals surface area contributed by atoms with Crippen LogP contribution in [0.2, 0.25) is 0 Å². The zero-order valence-electron chi connectivity index (χ0n) is 7.82. The van der Waals surface area contributed by atoms with E-state index in [0.717, 1.165) is 13.1 Å². The molecule has 0 aliphatic heterocycles. The van der Waals surface area contributed by atoms with Crippen LogP contribution in [0.5, 0.6) is 0 Å². The third kappa shape index (κ3) is 2.33. The van der Waals surface area contributed by atoms with Crippen LogP contribution in [0.25, 0.3) is 0 Å². The molecule has 0 amide bonds. The summed E-state index contributed by atoms with van der Waals surface area (Å²) in [5, 5.41) is 14.2. The number of aryl methyl sites for hydroxylation is 1. The SMILES string of the molecule is Cn1ccc(C(O)c2cc(Br)c(Br)s2)n1. The number of halogens is 2. The zero-order valence-corrected chi connectivity index (χ0v) is 11.8. The molecule has 0 saturated heterocycles. The number of hydrogen-bond donors (Lipinski definition) is 1. The van der Waals surface area contributed by atoms with E-state index in [4.69, 9.17) is 0 Å². The molecule has 1 unspecified atom stereocenters. The van der Waals surface area contributed by atoms with Crippen molar-refractivity contribution in [1.82, 2.24) is 9.78 Å². The number of nitrogens with zero attached hydrogens (tertiary/aromatic N) is 2. The molecule has 0 bridgehead atoms. The minimum absolute atomic E-state index is 0.654. The van der Waals surface area contributed by atoms with E-state index in [1.807, 2.05) is 25.4 Å². The average molecular weight is 352 g/mol. The van der Waals surface area contributed by atoms with Crippen molar-refractivity contribution < 1.29 is 5.11 Å². The maximum Gasteiger partial charge on any atom is 0.132 e. The molecule has 1 atom stereocenters. The van der Waals surface area contributed by atoms with Gasteiger partial charge in [0.05, 0.1) is 9.48 Å². The van der Waals surface area contributed by atoms with Crippen LogP contribution in [-0.2, 0) is 7.05 Å². The second kappa shape index (κ2) is 4.37. The van der Waals surface area contributed by atoms with Crippen LogP contribution in [0, 0.1) is 0 Å². The third-order valence-corrected chi connectivity index (χ3v) is 5.26. The largest absolute Gasteiger partial charge is 0.381 e. The second-order valence-corrected chi connectivity index (χ2v) is 6.34. The second-order valence-electron chi connectivity index (χ2n) is 3.09. The lowest BCUT2D eigenvalue weighted by Gasteiger charge is -2.03. The Morgan fingerprint density at radius 1 is 1.53 bits per heavy atom. The van der Waals surface area contributed by atoms with E-state index in [2.05, 4.69) is 37.0 Å². The Morgan fingerprint density at radius 2 is 2.27 bits per heavy atom. The molecule has 0 aliphatic rings. The first-order valence-corrected chi connectivity index (χ1v) is 6.60. The van der Waals surface area contributed by atoms with E-state index in [-0.39, 0.29) is 0 Å². The molecule has 0 fully saturated rings. The van der Waals surface area contributed by atoms with Gasteiger partial charge in [-0.3, -0.25) is 4.68 Å². The van der Waals surface area contributed by atoms with Crippen molar-refractivity contribution >= 4 is 43.2 Å². The van der Waals surface area contributed by atoms with Gasteiger partial charge >= 0.3 is 0 Å². The van der Waals surface area contributed by atoms with Crippen LogP contribution >= 0.6 is 43.2 Å². The van der Waals surface area contributed by atoms with Crippen molar-refractivity contribution in [2.45, 2.75) is 6.10 Å². The van der Waals surface area contributed by atoms with Gasteiger partial charge in [-0.1, -0.05) is 0 Å². The Labute approximate surface area is 108 Å². The molecule has 2 heterocycles. The number of thiophene rings is 1. The molecule has 0 aromatic carbocycles. The monoisotopic (exact) mass is 350 g/mol. The lowest BCUT2D eigenvalue weighted by molar-refractivity contribution is 0.218. The maximum atomic E-state index is 10.0. The molecule has 1 N–H and O–H groups in total. The van der Waals surface area contributed by atoms with Gasteiger partial charge in [0.2, 0.25) is 0 Å². The molecule has 2 aromatic rings. The van der Waals surface area contributed by atoms with E-state index < -0.39 is 6.10 Å². The summed E-state index contributed by atoms with van der Waals surface area (Å²) in [5.41, 5.74) is 0.666. The first-order chi connectivity index (χ1) is 7.08. The molecule has 0 spiro atoms. The fourth-order valence-corrected chi connectivity index (χ4v) is 3.31. The van der Waals surface area contributed by atoms with Crippen molar-refractivity contribution in [3.8, 4) is 0 Å². The molecule has 2 aromatic heterocycles. The van der Waals surface area contributed by atoms with Gasteiger partial charge in [0.25, 0.3) is 0 Å². The number of aliphatic hydroxyl groups is 1. The maximum absolute atomic E-state index is 10.0. The Kier molecular flexibility index (Phi) is 3.30. The van der Waals surface area contributed by atoms with Gasteiger partial charge in [0.1, 0.15) is 6.10 Å². The van der Waals surface area contributed by atoms with Crippen LogP contribution in [0.4, 0.5) is 0 Å². The van der Waals surface area contributed by atoms with Crippen molar-refractivity contribution in [3.05, 3.63) is 37.2 Å². The lowest BCUT2D eigenvalue weighted by atomic mass is 10.2. The Hall–Kier alpha value is -0.170. The van der Waals surface area contributed by atoms with Crippen LogP contribution in [0.1, 0.15) is 16.7 Å². The van der Waals surface area contributed by atoms with Crippen molar-refractivity contribution in [1.29, 1.82) is 0 Å². The molecule has 2 rings (SSSR count). The quantitative estimate of drug-likeness (QED) is 0.902. The Balaban J connectivity index is 2.31. The highest BCUT2D eigenvalue weighted by atomic mass is 79.9. The van der Waals surface area contributed by atoms with Crippen molar-refractivity contribution in [3.63, 3.8) is 0 Å². The molecule has 6 heteroatoms. The molecule has 80 valence electrons. The van der Waals surface area contributed by atoms with Crippen molar-refractivity contribution in [2.24, 2.45) is 7.05 Å². The molecule has 15 heavy (non-hydrogen) atoms. The highest BCUT2D eigenvalue weighted by Crippen LogP contribution is 2.37. The standard InChI is InChI=1S/C9H8Br2N2OS/c1-13-3-2-6(12-13)8(14)7-4-5(10)9(11)15-7/h2-4,8,14H,1H3. The minimum atomic E-state index is -0.654. The third-order valence-electron chi connectivity index (χ3n) is 1.95. The predicted octanol–water partition coefficient (Wildman–Crippen LogP) is 3.09. The normalized spacial score (nSPS) is 13.1. The van der Waals surface area contributed by atoms with E-state index in [9.17, 15) is 5.11 Å². The molecule has 3 nitrogen and oxygen atoms in total. The number of hydrogen-bond acceptors (Lipinski definition) is 3. The summed E-state index contributed by atoms with van der Waals surface area (Å²) >= 11 is 8.28. The summed E-state index contributed by atoms with van der Waals surface area (Å²) in [4.78, 5) is 0.868. The highest BCUT2D eigenvalue weighted by molar-refractivity contribution is 9.13. The molecular weight excluding hydrogens is 344 g/mol. The van der Waals surface area contributed by atoms with E-state index in [1.54, 1.807) is 4.68 Å². The predicted molar refractivity (Wildman–Crippen MR) is 67.0 cm³/mol. The summed E-state index contributed by atoms with van der Waals surface area (Å²) < 4.78 is 3.61. The van der Waals surface area contributed by atoms with Crippen LogP contribution in [0.3, 0.4) is 0 Å². The first-order valence-electron chi connectivity index (χ1n) is 4.20. The van der Waals surface area contributed by atoms with Crippen LogP contribution < -0.4 is 0 Å². The minimum Gasteiger partial charge on any atom is -0.381 e. The Bertz CT molecular complexity index is 461. The fourth-order valence-electron chi connectivity index (χ4n) is 1.22. The fraction of sp³-hybridized carbons (Fsp3) is 0.222. The smallest absolute Gasteiger partial charge is 0.132 e. The molecule has 0 saturated carbocycles. The van der Waals surface area contributed by atoms with Gasteiger partial charge < -0.3 is 5.11 Å². The number of aromatic nitrogens is 2. The first kappa shape index (κ1) is 11.3. The average Bonchev–Trinajstić information content (AvgIpc) is 2.74. The van der Waals surface area contributed by atoms with Gasteiger partial charge in [-0.05, 0) is 44.0 Å². The van der Waals surface area contributed by atoms with Gasteiger partial charge in [-0.2, -0.15) is 5.10 Å². The topological polar surface area (TPSA) is 38.0 Å². The van der Waals surface area contributed by atoms with Gasteiger partial charge in [0, 0.05) is 22.6 Å². The van der Waals surface area contributed by atoms with E-state index in [0.29, 0.717) is 5.69 Å². The number of aliphatic hydroxyl groups excluding tert-OH is 1. The highest BCUT2D eigenvalue weighted by Gasteiger charge is 2.16. The summed E-state index contributed by atoms with van der Waals surface area (Å²) in [5.74, 6) is 0. The summed E-state index contributed by atoms with van der Waals surface area (Å²) in [6.45, 7) is 0. The van der Waals surface area contributed by atoms with Crippen molar-refractivity contribution in [2.75, 3.05) is 0 Å². The van der Waals surface area contributed by atoms with E-state index in [1.165, 1.54) is 11.3 Å². The lowest BCUT2D eigenvalue weighted by Crippen LogP contribution is -1.99. The van der Waals surface area contributed by atoms with E-state index >= 15 is 0 Å². The summed E-state index contributed by atoms with van der Waals surface area (Å²) in [6.07, 6.45) is 1.16. The van der Waals surface area contributed by atoms with Gasteiger partial charge in [-0.15, -0.1) is 11.3 Å². The zero-order chi connectivity index (χ0) is 11.0. The molecular formula is C9H8Br2N2OS. The molecule has 0 radical (unpaired) electrons. The summed E-state index contributed by atoms with van der Waals surface area (Å²) in [7, 11) is 1.83.